The van der Waals surface area contributed by atoms with Crippen LogP contribution in [0, 0.1) is 28.4 Å². The standard InChI is InChI=1S/C21H13Cl2N3O4/c1-12-17(22)3-2-4-19(12)25-21(27)13(11-24)9-15-6-8-20(30-15)16-10-14(26(28)29)5-7-18(16)23/h2-10H,1H3,(H,25,27)/b13-9+. The molecule has 0 spiro atoms. The number of amides is 1. The number of hydrogen-bond acceptors (Lipinski definition) is 5. The van der Waals surface area contributed by atoms with E-state index < -0.39 is 10.8 Å². The lowest BCUT2D eigenvalue weighted by atomic mass is 10.1. The second kappa shape index (κ2) is 8.82. The maximum Gasteiger partial charge on any atom is 0.270 e. The summed E-state index contributed by atoms with van der Waals surface area (Å²) in [5.41, 5.74) is 1.14. The van der Waals surface area contributed by atoms with Crippen molar-refractivity contribution in [1.82, 2.24) is 0 Å². The molecular formula is C21H13Cl2N3O4. The monoisotopic (exact) mass is 441 g/mol. The predicted octanol–water partition coefficient (Wildman–Crippen LogP) is 6.02. The van der Waals surface area contributed by atoms with E-state index in [0.29, 0.717) is 21.8 Å². The van der Waals surface area contributed by atoms with Crippen molar-refractivity contribution in [2.24, 2.45) is 0 Å². The molecular weight excluding hydrogens is 429 g/mol. The number of halogens is 2. The van der Waals surface area contributed by atoms with Gasteiger partial charge in [-0.05, 0) is 42.8 Å². The highest BCUT2D eigenvalue weighted by atomic mass is 35.5. The van der Waals surface area contributed by atoms with Gasteiger partial charge in [-0.25, -0.2) is 0 Å². The van der Waals surface area contributed by atoms with Crippen LogP contribution in [0.4, 0.5) is 11.4 Å². The molecule has 30 heavy (non-hydrogen) atoms. The number of nitro groups is 1. The zero-order chi connectivity index (χ0) is 21.8. The van der Waals surface area contributed by atoms with Crippen molar-refractivity contribution in [3.63, 3.8) is 0 Å². The summed E-state index contributed by atoms with van der Waals surface area (Å²) in [4.78, 5) is 22.9. The average Bonchev–Trinajstić information content (AvgIpc) is 3.18. The molecule has 0 aliphatic heterocycles. The van der Waals surface area contributed by atoms with Crippen molar-refractivity contribution in [2.75, 3.05) is 5.32 Å². The maximum absolute atomic E-state index is 12.5. The van der Waals surface area contributed by atoms with Gasteiger partial charge >= 0.3 is 0 Å². The van der Waals surface area contributed by atoms with E-state index in [-0.39, 0.29) is 27.8 Å². The molecule has 0 saturated heterocycles. The van der Waals surface area contributed by atoms with E-state index in [1.807, 2.05) is 6.07 Å². The zero-order valence-electron chi connectivity index (χ0n) is 15.5. The number of nitrogens with zero attached hydrogens (tertiary/aromatic N) is 2. The Labute approximate surface area is 181 Å². The fourth-order valence-corrected chi connectivity index (χ4v) is 3.00. The van der Waals surface area contributed by atoms with Crippen LogP contribution in [0.1, 0.15) is 11.3 Å². The topological polar surface area (TPSA) is 109 Å². The smallest absolute Gasteiger partial charge is 0.270 e. The van der Waals surface area contributed by atoms with Crippen molar-refractivity contribution in [3.05, 3.63) is 85.6 Å². The van der Waals surface area contributed by atoms with Crippen LogP contribution in [-0.2, 0) is 4.79 Å². The first kappa shape index (κ1) is 21.1. The highest BCUT2D eigenvalue weighted by molar-refractivity contribution is 6.33. The maximum atomic E-state index is 12.5. The van der Waals surface area contributed by atoms with Crippen LogP contribution in [0.5, 0.6) is 0 Å². The normalized spacial score (nSPS) is 11.1. The SMILES string of the molecule is Cc1c(Cl)cccc1NC(=O)/C(C#N)=C/c1ccc(-c2cc([N+](=O)[O-])ccc2Cl)o1. The highest BCUT2D eigenvalue weighted by Gasteiger charge is 2.16. The number of nitrogens with one attached hydrogen (secondary N) is 1. The summed E-state index contributed by atoms with van der Waals surface area (Å²) in [5.74, 6) is -0.158. The quantitative estimate of drug-likeness (QED) is 0.225. The second-order valence-corrected chi connectivity index (χ2v) is 6.97. The van der Waals surface area contributed by atoms with Crippen molar-refractivity contribution < 1.29 is 14.1 Å². The van der Waals surface area contributed by atoms with Gasteiger partial charge < -0.3 is 9.73 Å². The van der Waals surface area contributed by atoms with Gasteiger partial charge in [0.05, 0.1) is 9.95 Å². The first-order valence-electron chi connectivity index (χ1n) is 8.52. The fraction of sp³-hybridized carbons (Fsp3) is 0.0476. The van der Waals surface area contributed by atoms with E-state index in [1.165, 1.54) is 30.3 Å². The number of anilines is 1. The molecule has 1 amide bonds. The number of non-ortho nitro benzene ring substituents is 1. The molecule has 2 aromatic carbocycles. The van der Waals surface area contributed by atoms with E-state index in [9.17, 15) is 20.2 Å². The molecule has 0 unspecified atom stereocenters. The van der Waals surface area contributed by atoms with Crippen LogP contribution < -0.4 is 5.32 Å². The average molecular weight is 442 g/mol. The third-order valence-corrected chi connectivity index (χ3v) is 4.96. The molecule has 7 nitrogen and oxygen atoms in total. The molecule has 150 valence electrons. The van der Waals surface area contributed by atoms with Gasteiger partial charge in [-0.1, -0.05) is 29.3 Å². The third kappa shape index (κ3) is 4.51. The van der Waals surface area contributed by atoms with Gasteiger partial charge in [-0.2, -0.15) is 5.26 Å². The minimum atomic E-state index is -0.630. The molecule has 0 atom stereocenters. The molecule has 0 radical (unpaired) electrons. The van der Waals surface area contributed by atoms with E-state index in [1.54, 1.807) is 31.2 Å². The summed E-state index contributed by atoms with van der Waals surface area (Å²) in [6, 6.07) is 13.9. The van der Waals surface area contributed by atoms with Gasteiger partial charge in [0.2, 0.25) is 0 Å². The van der Waals surface area contributed by atoms with Crippen LogP contribution in [0.25, 0.3) is 17.4 Å². The van der Waals surface area contributed by atoms with E-state index in [0.717, 1.165) is 0 Å². The first-order valence-corrected chi connectivity index (χ1v) is 9.28. The molecule has 9 heteroatoms. The molecule has 0 saturated carbocycles. The Bertz CT molecular complexity index is 1230. The van der Waals surface area contributed by atoms with E-state index in [4.69, 9.17) is 27.6 Å². The fourth-order valence-electron chi connectivity index (χ4n) is 2.61. The largest absolute Gasteiger partial charge is 0.457 e. The molecule has 1 aromatic heterocycles. The molecule has 0 fully saturated rings. The number of carbonyl (C=O) groups excluding carboxylic acids is 1. The number of carbonyl (C=O) groups is 1. The number of rotatable bonds is 5. The van der Waals surface area contributed by atoms with Gasteiger partial charge in [0, 0.05) is 34.5 Å². The van der Waals surface area contributed by atoms with Gasteiger partial charge in [0.15, 0.2) is 0 Å². The number of benzene rings is 2. The Balaban J connectivity index is 1.88. The summed E-state index contributed by atoms with van der Waals surface area (Å²) in [7, 11) is 0. The first-order chi connectivity index (χ1) is 14.3. The molecule has 1 N–H and O–H groups in total. The number of nitro benzene ring substituents is 1. The summed E-state index contributed by atoms with van der Waals surface area (Å²) >= 11 is 12.2. The Morgan fingerprint density at radius 1 is 1.20 bits per heavy atom. The molecule has 1 heterocycles. The molecule has 3 rings (SSSR count). The Hall–Kier alpha value is -3.60. The highest BCUT2D eigenvalue weighted by Crippen LogP contribution is 2.33. The van der Waals surface area contributed by atoms with Crippen LogP contribution in [0.15, 0.2) is 58.5 Å². The van der Waals surface area contributed by atoms with Gasteiger partial charge in [0.1, 0.15) is 23.2 Å². The zero-order valence-corrected chi connectivity index (χ0v) is 17.0. The minimum Gasteiger partial charge on any atom is -0.457 e. The van der Waals surface area contributed by atoms with Crippen LogP contribution in [0.2, 0.25) is 10.0 Å². The van der Waals surface area contributed by atoms with Crippen molar-refractivity contribution in [2.45, 2.75) is 6.92 Å². The summed E-state index contributed by atoms with van der Waals surface area (Å²) < 4.78 is 5.63. The number of nitriles is 1. The minimum absolute atomic E-state index is 0.142. The third-order valence-electron chi connectivity index (χ3n) is 4.22. The lowest BCUT2D eigenvalue weighted by Crippen LogP contribution is -2.14. The Kier molecular flexibility index (Phi) is 6.21. The van der Waals surface area contributed by atoms with Crippen LogP contribution in [0.3, 0.4) is 0 Å². The number of hydrogen-bond donors (Lipinski definition) is 1. The Morgan fingerprint density at radius 3 is 2.67 bits per heavy atom. The van der Waals surface area contributed by atoms with E-state index >= 15 is 0 Å². The van der Waals surface area contributed by atoms with Crippen molar-refractivity contribution in [3.8, 4) is 17.4 Å². The molecule has 0 aliphatic rings. The summed E-state index contributed by atoms with van der Waals surface area (Å²) in [5, 5.41) is 23.8. The van der Waals surface area contributed by atoms with E-state index in [2.05, 4.69) is 5.32 Å². The second-order valence-electron chi connectivity index (χ2n) is 6.16. The lowest BCUT2D eigenvalue weighted by Gasteiger charge is -2.08. The molecule has 0 aliphatic carbocycles. The Morgan fingerprint density at radius 2 is 1.97 bits per heavy atom. The molecule has 3 aromatic rings. The predicted molar refractivity (Wildman–Crippen MR) is 114 cm³/mol. The van der Waals surface area contributed by atoms with Crippen molar-refractivity contribution >= 4 is 46.6 Å². The number of furan rings is 1. The van der Waals surface area contributed by atoms with Crippen molar-refractivity contribution in [1.29, 1.82) is 5.26 Å². The van der Waals surface area contributed by atoms with Crippen LogP contribution in [-0.4, -0.2) is 10.8 Å². The summed E-state index contributed by atoms with van der Waals surface area (Å²) in [6.45, 7) is 1.75. The lowest BCUT2D eigenvalue weighted by molar-refractivity contribution is -0.384. The van der Waals surface area contributed by atoms with Gasteiger partial charge in [-0.15, -0.1) is 0 Å². The van der Waals surface area contributed by atoms with Gasteiger partial charge in [-0.3, -0.25) is 14.9 Å². The molecule has 0 bridgehead atoms. The van der Waals surface area contributed by atoms with Gasteiger partial charge in [0.25, 0.3) is 11.6 Å². The summed E-state index contributed by atoms with van der Waals surface area (Å²) in [6.07, 6.45) is 1.27. The van der Waals surface area contributed by atoms with Crippen LogP contribution >= 0.6 is 23.2 Å².